The topological polar surface area (TPSA) is 63.7 Å². The van der Waals surface area contributed by atoms with Crippen LogP contribution in [0.25, 0.3) is 11.0 Å². The summed E-state index contributed by atoms with van der Waals surface area (Å²) in [6.45, 7) is 0.105. The maximum atomic E-state index is 14.0. The van der Waals surface area contributed by atoms with Gasteiger partial charge in [-0.1, -0.05) is 23.7 Å². The van der Waals surface area contributed by atoms with Crippen LogP contribution in [0.3, 0.4) is 0 Å². The summed E-state index contributed by atoms with van der Waals surface area (Å²) in [5.41, 5.74) is 0.539. The lowest BCUT2D eigenvalue weighted by Gasteiger charge is -2.24. The summed E-state index contributed by atoms with van der Waals surface area (Å²) < 4.78 is 25.2. The molecule has 1 amide bonds. The van der Waals surface area contributed by atoms with E-state index in [-0.39, 0.29) is 34.3 Å². The van der Waals surface area contributed by atoms with Gasteiger partial charge in [0.15, 0.2) is 5.43 Å². The molecule has 5 nitrogen and oxygen atoms in total. The van der Waals surface area contributed by atoms with E-state index in [1.165, 1.54) is 35.4 Å². The lowest BCUT2D eigenvalue weighted by atomic mass is 9.98. The van der Waals surface area contributed by atoms with Crippen LogP contribution < -0.4 is 5.43 Å². The highest BCUT2D eigenvalue weighted by Crippen LogP contribution is 2.39. The zero-order chi connectivity index (χ0) is 20.1. The van der Waals surface area contributed by atoms with Crippen molar-refractivity contribution in [2.75, 3.05) is 0 Å². The van der Waals surface area contributed by atoms with Crippen LogP contribution in [0.4, 0.5) is 4.39 Å². The van der Waals surface area contributed by atoms with E-state index in [2.05, 4.69) is 0 Å². The molecule has 2 aromatic carbocycles. The molecule has 5 rings (SSSR count). The van der Waals surface area contributed by atoms with Gasteiger partial charge in [-0.2, -0.15) is 0 Å². The Hall–Kier alpha value is -3.38. The van der Waals surface area contributed by atoms with E-state index in [0.717, 1.165) is 0 Å². The molecule has 0 saturated heterocycles. The first-order valence-electron chi connectivity index (χ1n) is 8.88. The smallest absolute Gasteiger partial charge is 0.291 e. The highest BCUT2D eigenvalue weighted by atomic mass is 35.5. The van der Waals surface area contributed by atoms with Gasteiger partial charge in [0.2, 0.25) is 5.76 Å². The summed E-state index contributed by atoms with van der Waals surface area (Å²) in [4.78, 5) is 28.0. The molecular formula is C22H13ClFNO4. The van der Waals surface area contributed by atoms with Crippen molar-refractivity contribution < 1.29 is 18.0 Å². The molecule has 29 heavy (non-hydrogen) atoms. The van der Waals surface area contributed by atoms with E-state index in [1.807, 2.05) is 0 Å². The number of rotatable bonds is 3. The molecule has 0 bridgehead atoms. The number of carbonyl (C=O) groups excluding carboxylic acids is 1. The summed E-state index contributed by atoms with van der Waals surface area (Å²) in [5.74, 6) is -0.438. The predicted octanol–water partition coefficient (Wildman–Crippen LogP) is 4.92. The number of amides is 1. The van der Waals surface area contributed by atoms with Gasteiger partial charge in [-0.25, -0.2) is 4.39 Å². The van der Waals surface area contributed by atoms with Gasteiger partial charge in [0.25, 0.3) is 5.91 Å². The van der Waals surface area contributed by atoms with Crippen LogP contribution in [0.2, 0.25) is 5.02 Å². The van der Waals surface area contributed by atoms with E-state index < -0.39 is 17.8 Å². The summed E-state index contributed by atoms with van der Waals surface area (Å²) >= 11 is 6.05. The maximum absolute atomic E-state index is 14.0. The fourth-order valence-corrected chi connectivity index (χ4v) is 3.92. The molecule has 4 aromatic rings. The molecule has 2 aromatic heterocycles. The Labute approximate surface area is 168 Å². The average molecular weight is 410 g/mol. The van der Waals surface area contributed by atoms with Crippen molar-refractivity contribution >= 4 is 28.5 Å². The monoisotopic (exact) mass is 409 g/mol. The summed E-state index contributed by atoms with van der Waals surface area (Å²) in [7, 11) is 0. The van der Waals surface area contributed by atoms with Gasteiger partial charge in [-0.15, -0.1) is 0 Å². The summed E-state index contributed by atoms with van der Waals surface area (Å²) in [5, 5.41) is 0.647. The molecule has 3 heterocycles. The minimum absolute atomic E-state index is 0.0503. The van der Waals surface area contributed by atoms with E-state index >= 15 is 0 Å². The third kappa shape index (κ3) is 2.84. The number of hydrogen-bond acceptors (Lipinski definition) is 4. The fraction of sp³-hybridized carbons (Fsp3) is 0.0909. The average Bonchev–Trinajstić information content (AvgIpc) is 3.31. The second-order valence-corrected chi connectivity index (χ2v) is 7.22. The minimum Gasteiger partial charge on any atom is -0.467 e. The summed E-state index contributed by atoms with van der Waals surface area (Å²) in [6, 6.07) is 13.1. The van der Waals surface area contributed by atoms with Crippen molar-refractivity contribution in [1.82, 2.24) is 4.90 Å². The van der Waals surface area contributed by atoms with E-state index in [1.54, 1.807) is 30.3 Å². The van der Waals surface area contributed by atoms with Crippen molar-refractivity contribution in [2.24, 2.45) is 0 Å². The standard InChI is InChI=1S/C22H13ClFNO4/c23-13-6-7-17-16(10-13)20(26)18-19(12-3-1-4-14(24)9-12)25(22(27)21(18)29-17)11-15-5-2-8-28-15/h1-10,19H,11H2/t19-/m1/s1. The van der Waals surface area contributed by atoms with Crippen LogP contribution in [-0.2, 0) is 6.54 Å². The molecule has 0 radical (unpaired) electrons. The molecule has 0 spiro atoms. The third-order valence-corrected chi connectivity index (χ3v) is 5.23. The molecule has 0 N–H and O–H groups in total. The van der Waals surface area contributed by atoms with Gasteiger partial charge in [-0.05, 0) is 48.0 Å². The predicted molar refractivity (Wildman–Crippen MR) is 104 cm³/mol. The van der Waals surface area contributed by atoms with Gasteiger partial charge in [-0.3, -0.25) is 9.59 Å². The molecule has 1 aliphatic heterocycles. The van der Waals surface area contributed by atoms with Gasteiger partial charge >= 0.3 is 0 Å². The molecule has 0 aliphatic carbocycles. The molecule has 144 valence electrons. The molecule has 1 aliphatic rings. The molecular weight excluding hydrogens is 397 g/mol. The number of nitrogens with zero attached hydrogens (tertiary/aromatic N) is 1. The van der Waals surface area contributed by atoms with Gasteiger partial charge in [0.1, 0.15) is 17.2 Å². The highest BCUT2D eigenvalue weighted by molar-refractivity contribution is 6.31. The number of halogens is 2. The van der Waals surface area contributed by atoms with Gasteiger partial charge in [0, 0.05) is 5.02 Å². The lowest BCUT2D eigenvalue weighted by molar-refractivity contribution is 0.0701. The van der Waals surface area contributed by atoms with Gasteiger partial charge in [0.05, 0.1) is 29.8 Å². The third-order valence-electron chi connectivity index (χ3n) is 5.00. The van der Waals surface area contributed by atoms with Crippen molar-refractivity contribution in [2.45, 2.75) is 12.6 Å². The van der Waals surface area contributed by atoms with Crippen molar-refractivity contribution in [3.05, 3.63) is 105 Å². The van der Waals surface area contributed by atoms with Crippen molar-refractivity contribution in [1.29, 1.82) is 0 Å². The Morgan fingerprint density at radius 1 is 1.07 bits per heavy atom. The van der Waals surface area contributed by atoms with Crippen LogP contribution in [0, 0.1) is 5.82 Å². The fourth-order valence-electron chi connectivity index (χ4n) is 3.75. The second-order valence-electron chi connectivity index (χ2n) is 6.78. The summed E-state index contributed by atoms with van der Waals surface area (Å²) in [6.07, 6.45) is 1.50. The maximum Gasteiger partial charge on any atom is 0.291 e. The Balaban J connectivity index is 1.77. The van der Waals surface area contributed by atoms with Crippen molar-refractivity contribution in [3.63, 3.8) is 0 Å². The van der Waals surface area contributed by atoms with E-state index in [0.29, 0.717) is 16.3 Å². The van der Waals surface area contributed by atoms with Crippen LogP contribution in [0.5, 0.6) is 0 Å². The number of carbonyl (C=O) groups is 1. The normalized spacial score (nSPS) is 15.9. The van der Waals surface area contributed by atoms with Crippen LogP contribution in [0.1, 0.15) is 33.5 Å². The first-order valence-corrected chi connectivity index (χ1v) is 9.26. The Kier molecular flexibility index (Phi) is 4.03. The highest BCUT2D eigenvalue weighted by Gasteiger charge is 2.43. The zero-order valence-electron chi connectivity index (χ0n) is 14.9. The Bertz CT molecular complexity index is 1310. The quantitative estimate of drug-likeness (QED) is 0.481. The molecule has 0 fully saturated rings. The SMILES string of the molecule is O=C1c2oc3ccc(Cl)cc3c(=O)c2[C@@H](c2cccc(F)c2)N1Cc1ccco1. The Morgan fingerprint density at radius 2 is 1.93 bits per heavy atom. The minimum atomic E-state index is -0.807. The van der Waals surface area contributed by atoms with Crippen LogP contribution in [0.15, 0.2) is 74.5 Å². The largest absolute Gasteiger partial charge is 0.467 e. The number of benzene rings is 2. The van der Waals surface area contributed by atoms with Gasteiger partial charge < -0.3 is 13.7 Å². The Morgan fingerprint density at radius 3 is 2.69 bits per heavy atom. The van der Waals surface area contributed by atoms with E-state index in [9.17, 15) is 14.0 Å². The molecule has 0 saturated carbocycles. The number of fused-ring (bicyclic) bond motifs is 2. The zero-order valence-corrected chi connectivity index (χ0v) is 15.7. The van der Waals surface area contributed by atoms with Crippen LogP contribution >= 0.6 is 11.6 Å². The first-order chi connectivity index (χ1) is 14.0. The van der Waals surface area contributed by atoms with Crippen LogP contribution in [-0.4, -0.2) is 10.8 Å². The molecule has 7 heteroatoms. The van der Waals surface area contributed by atoms with Crippen molar-refractivity contribution in [3.8, 4) is 0 Å². The number of hydrogen-bond donors (Lipinski definition) is 0. The first kappa shape index (κ1) is 17.7. The lowest BCUT2D eigenvalue weighted by Crippen LogP contribution is -2.29. The number of furan rings is 1. The molecule has 0 unspecified atom stereocenters. The van der Waals surface area contributed by atoms with E-state index in [4.69, 9.17) is 20.4 Å². The second kappa shape index (κ2) is 6.60. The molecule has 1 atom stereocenters.